The Bertz CT molecular complexity index is 1900. The van der Waals surface area contributed by atoms with Crippen molar-refractivity contribution < 1.29 is 26.3 Å². The standard InChI is InChI=1S/C22H6F6N8/c1-35-19-13(25)9(11(23)15(27)17(19)33-21(35)7(3-29)4-30)10-12(24)16(28)18-20(14(10)26)36(2)22(34-18)8(5-31)6-32/h1-2H3/b10-9+. The van der Waals surface area contributed by atoms with Gasteiger partial charge >= 0.3 is 0 Å². The number of benzene rings is 2. The number of nitrogens with zero attached hydrogens (tertiary/aromatic N) is 8. The lowest BCUT2D eigenvalue weighted by atomic mass is 10.1. The Kier molecular flexibility index (Phi) is 5.39. The summed E-state index contributed by atoms with van der Waals surface area (Å²) in [5, 5.41) is 32.9. The number of rotatable bonds is 0. The minimum atomic E-state index is -2.12. The molecular formula is C22H6F6N8. The molecule has 176 valence electrons. The number of imidazole rings is 2. The van der Waals surface area contributed by atoms with Gasteiger partial charge in [-0.05, 0) is 0 Å². The smallest absolute Gasteiger partial charge is 0.187 e. The van der Waals surface area contributed by atoms with Gasteiger partial charge in [-0.25, -0.2) is 36.3 Å². The highest BCUT2D eigenvalue weighted by Crippen LogP contribution is 2.28. The SMILES string of the molecule is Cn1c(=C(C#N)C#N)nc2c(F)c(F)/c(=c3/c(F)c(F)c4nc(=C(C#N)C#N)n(C)c4c3F)c(F)c21. The van der Waals surface area contributed by atoms with E-state index in [1.807, 2.05) is 0 Å². The van der Waals surface area contributed by atoms with Gasteiger partial charge in [0.25, 0.3) is 0 Å². The van der Waals surface area contributed by atoms with E-state index in [4.69, 9.17) is 21.0 Å². The molecule has 0 saturated heterocycles. The van der Waals surface area contributed by atoms with Crippen molar-refractivity contribution in [2.45, 2.75) is 0 Å². The maximum absolute atomic E-state index is 15.6. The Morgan fingerprint density at radius 2 is 0.861 bits per heavy atom. The Labute approximate surface area is 195 Å². The van der Waals surface area contributed by atoms with E-state index in [0.29, 0.717) is 9.13 Å². The maximum atomic E-state index is 15.6. The summed E-state index contributed by atoms with van der Waals surface area (Å²) in [6.07, 6.45) is 0. The number of fused-ring (bicyclic) bond motifs is 2. The fraction of sp³-hybridized carbons (Fsp3) is 0.0909. The van der Waals surface area contributed by atoms with E-state index in [-0.39, 0.29) is 0 Å². The van der Waals surface area contributed by atoms with Crippen LogP contribution in [0.3, 0.4) is 0 Å². The van der Waals surface area contributed by atoms with Crippen LogP contribution in [0.4, 0.5) is 26.3 Å². The van der Waals surface area contributed by atoms with Crippen molar-refractivity contribution in [2.75, 3.05) is 0 Å². The molecule has 2 aromatic carbocycles. The second-order valence-corrected chi connectivity index (χ2v) is 7.21. The first-order chi connectivity index (χ1) is 17.0. The zero-order valence-corrected chi connectivity index (χ0v) is 17.8. The van der Waals surface area contributed by atoms with Gasteiger partial charge < -0.3 is 9.13 Å². The van der Waals surface area contributed by atoms with Crippen molar-refractivity contribution in [3.8, 4) is 24.3 Å². The van der Waals surface area contributed by atoms with Gasteiger partial charge in [-0.15, -0.1) is 0 Å². The van der Waals surface area contributed by atoms with Gasteiger partial charge in [0.05, 0.1) is 10.4 Å². The Balaban J connectivity index is 2.45. The highest BCUT2D eigenvalue weighted by molar-refractivity contribution is 5.82. The first-order valence-corrected chi connectivity index (χ1v) is 9.46. The third-order valence-electron chi connectivity index (χ3n) is 5.43. The van der Waals surface area contributed by atoms with Crippen LogP contribution in [0.25, 0.3) is 33.2 Å². The van der Waals surface area contributed by atoms with Gasteiger partial charge in [0.1, 0.15) is 46.3 Å². The van der Waals surface area contributed by atoms with Crippen molar-refractivity contribution in [2.24, 2.45) is 14.1 Å². The Hall–Kier alpha value is -5.34. The summed E-state index contributed by atoms with van der Waals surface area (Å²) in [6, 6.07) is 5.80. The summed E-state index contributed by atoms with van der Waals surface area (Å²) in [5.41, 5.74) is -6.19. The lowest BCUT2D eigenvalue weighted by Crippen LogP contribution is -2.18. The second-order valence-electron chi connectivity index (χ2n) is 7.21. The van der Waals surface area contributed by atoms with Crippen molar-refractivity contribution in [1.82, 2.24) is 19.1 Å². The van der Waals surface area contributed by atoms with Crippen molar-refractivity contribution in [1.29, 1.82) is 21.0 Å². The highest BCUT2D eigenvalue weighted by atomic mass is 19.2. The van der Waals surface area contributed by atoms with Crippen molar-refractivity contribution in [3.63, 3.8) is 0 Å². The molecule has 2 heterocycles. The van der Waals surface area contributed by atoms with Gasteiger partial charge in [0, 0.05) is 14.1 Å². The fourth-order valence-corrected chi connectivity index (χ4v) is 3.80. The average Bonchev–Trinajstić information content (AvgIpc) is 3.38. The molecule has 0 aliphatic carbocycles. The molecule has 36 heavy (non-hydrogen) atoms. The van der Waals surface area contributed by atoms with E-state index in [0.717, 1.165) is 14.1 Å². The molecule has 14 heteroatoms. The van der Waals surface area contributed by atoms with Crippen LogP contribution in [-0.2, 0) is 14.1 Å². The van der Waals surface area contributed by atoms with Crippen LogP contribution in [0.2, 0.25) is 0 Å². The van der Waals surface area contributed by atoms with Gasteiger partial charge in [-0.1, -0.05) is 0 Å². The summed E-state index contributed by atoms with van der Waals surface area (Å²) in [5.74, 6) is -11.5. The normalized spacial score (nSPS) is 11.7. The van der Waals surface area contributed by atoms with Crippen LogP contribution in [0.15, 0.2) is 0 Å². The molecule has 0 spiro atoms. The van der Waals surface area contributed by atoms with Gasteiger partial charge in [-0.2, -0.15) is 21.0 Å². The molecule has 0 bridgehead atoms. The Morgan fingerprint density at radius 1 is 0.556 bits per heavy atom. The quantitative estimate of drug-likeness (QED) is 0.270. The van der Waals surface area contributed by atoms with Crippen LogP contribution in [-0.4, -0.2) is 19.1 Å². The molecule has 0 radical (unpaired) electrons. The number of halogens is 6. The molecule has 0 amide bonds. The summed E-state index contributed by atoms with van der Waals surface area (Å²) < 4.78 is 92.5. The molecule has 0 saturated carbocycles. The van der Waals surface area contributed by atoms with Gasteiger partial charge in [0.2, 0.25) is 0 Å². The van der Waals surface area contributed by atoms with Crippen LogP contribution in [0.1, 0.15) is 0 Å². The number of nitriles is 4. The Morgan fingerprint density at radius 3 is 1.14 bits per heavy atom. The van der Waals surface area contributed by atoms with Crippen molar-refractivity contribution >= 4 is 33.2 Å². The molecular weight excluding hydrogens is 490 g/mol. The molecule has 0 N–H and O–H groups in total. The topological polar surface area (TPSA) is 131 Å². The molecule has 0 unspecified atom stereocenters. The largest absolute Gasteiger partial charge is 0.323 e. The lowest BCUT2D eigenvalue weighted by molar-refractivity contribution is 0.477. The van der Waals surface area contributed by atoms with E-state index >= 15 is 17.6 Å². The first kappa shape index (κ1) is 23.8. The van der Waals surface area contributed by atoms with E-state index < -0.39 is 89.5 Å². The van der Waals surface area contributed by atoms with E-state index in [1.54, 1.807) is 0 Å². The van der Waals surface area contributed by atoms with Crippen molar-refractivity contribution in [3.05, 3.63) is 56.3 Å². The molecule has 0 aliphatic heterocycles. The lowest BCUT2D eigenvalue weighted by Gasteiger charge is -2.06. The summed E-state index contributed by atoms with van der Waals surface area (Å²) in [7, 11) is 2.07. The average molecular weight is 496 g/mol. The number of aromatic nitrogens is 4. The first-order valence-electron chi connectivity index (χ1n) is 9.46. The highest BCUT2D eigenvalue weighted by Gasteiger charge is 2.27. The molecule has 0 aliphatic rings. The molecule has 8 nitrogen and oxygen atoms in total. The predicted octanol–water partition coefficient (Wildman–Crippen LogP) is 1.98. The molecule has 0 fully saturated rings. The van der Waals surface area contributed by atoms with Crippen LogP contribution < -0.4 is 11.0 Å². The molecule has 4 rings (SSSR count). The molecule has 0 atom stereocenters. The maximum Gasteiger partial charge on any atom is 0.187 e. The van der Waals surface area contributed by atoms with Gasteiger partial charge in [0.15, 0.2) is 57.0 Å². The third kappa shape index (κ3) is 2.92. The predicted molar refractivity (Wildman–Crippen MR) is 107 cm³/mol. The number of hydrogen-bond donors (Lipinski definition) is 0. The minimum absolute atomic E-state index is 0.556. The van der Waals surface area contributed by atoms with Crippen LogP contribution >= 0.6 is 0 Å². The van der Waals surface area contributed by atoms with Crippen LogP contribution in [0, 0.1) is 90.7 Å². The second kappa shape index (κ2) is 8.15. The molecule has 2 aromatic heterocycles. The monoisotopic (exact) mass is 496 g/mol. The zero-order valence-electron chi connectivity index (χ0n) is 17.8. The molecule has 4 aromatic rings. The number of aryl methyl sites for hydroxylation is 2. The summed E-state index contributed by atoms with van der Waals surface area (Å²) >= 11 is 0. The summed E-state index contributed by atoms with van der Waals surface area (Å²) in [4.78, 5) is 7.13. The van der Waals surface area contributed by atoms with Crippen LogP contribution in [0.5, 0.6) is 0 Å². The zero-order chi connectivity index (χ0) is 26.6. The fourth-order valence-electron chi connectivity index (χ4n) is 3.80. The van der Waals surface area contributed by atoms with Gasteiger partial charge in [-0.3, -0.25) is 0 Å². The van der Waals surface area contributed by atoms with E-state index in [9.17, 15) is 8.78 Å². The van der Waals surface area contributed by atoms with E-state index in [1.165, 1.54) is 24.3 Å². The summed E-state index contributed by atoms with van der Waals surface area (Å²) in [6.45, 7) is 0. The minimum Gasteiger partial charge on any atom is -0.323 e. The third-order valence-corrected chi connectivity index (χ3v) is 5.43. The number of hydrogen-bond acceptors (Lipinski definition) is 6. The van der Waals surface area contributed by atoms with E-state index in [2.05, 4.69) is 9.97 Å².